The minimum absolute atomic E-state index is 0. The number of phenolic OH excluding ortho intramolecular Hbond substituents is 2. The number of benzene rings is 6. The molecular weight excluding hydrogens is 824 g/mol. The Morgan fingerprint density at radius 2 is 0.982 bits per heavy atom. The van der Waals surface area contributed by atoms with Gasteiger partial charge in [-0.15, -0.1) is 15.3 Å². The number of fused-ring (bicyclic) bond motifs is 2. The third-order valence-corrected chi connectivity index (χ3v) is 10.0. The molecule has 0 heterocycles. The summed E-state index contributed by atoms with van der Waals surface area (Å²) in [7, 11) is -15.4. The number of nitrogens with two attached hydrogens (primary N) is 1. The van der Waals surface area contributed by atoms with E-state index in [1.165, 1.54) is 54.6 Å². The van der Waals surface area contributed by atoms with Crippen molar-refractivity contribution in [3.8, 4) is 11.5 Å². The second-order valence-corrected chi connectivity index (χ2v) is 15.0. The molecule has 6 aromatic carbocycles. The SMILES string of the molecule is Nc1c(N=Nc2ccc(N=Nc3c(O)ccc4cc(S(=O)(=O)[O-])ccc34)cc2)c(S(=O)(=O)[O-])cc2cc(S(=O)(=O)[O-])c(N=Nc3ccccc3)c(O)c12.[Na+].[Na+].[Na+]. The van der Waals surface area contributed by atoms with E-state index in [-0.39, 0.29) is 117 Å². The van der Waals surface area contributed by atoms with Crippen molar-refractivity contribution in [1.82, 2.24) is 0 Å². The van der Waals surface area contributed by atoms with E-state index in [2.05, 4.69) is 30.7 Å². The zero-order valence-electron chi connectivity index (χ0n) is 29.3. The molecule has 270 valence electrons. The molecule has 6 aromatic rings. The van der Waals surface area contributed by atoms with Crippen LogP contribution in [0.4, 0.5) is 39.8 Å². The van der Waals surface area contributed by atoms with Crippen LogP contribution in [0.5, 0.6) is 11.5 Å². The summed E-state index contributed by atoms with van der Waals surface area (Å²) < 4.78 is 107. The summed E-state index contributed by atoms with van der Waals surface area (Å²) in [5.74, 6) is -1.26. The van der Waals surface area contributed by atoms with Gasteiger partial charge in [0.25, 0.3) is 0 Å². The van der Waals surface area contributed by atoms with Gasteiger partial charge in [0.1, 0.15) is 53.2 Å². The van der Waals surface area contributed by atoms with Gasteiger partial charge < -0.3 is 29.6 Å². The summed E-state index contributed by atoms with van der Waals surface area (Å²) in [5, 5.41) is 44.7. The maximum absolute atomic E-state index is 12.3. The number of hydrogen-bond acceptors (Lipinski definition) is 18. The van der Waals surface area contributed by atoms with Gasteiger partial charge in [-0.25, -0.2) is 25.3 Å². The fourth-order valence-corrected chi connectivity index (χ4v) is 6.85. The van der Waals surface area contributed by atoms with Crippen LogP contribution in [0.3, 0.4) is 0 Å². The van der Waals surface area contributed by atoms with Gasteiger partial charge in [0.2, 0.25) is 0 Å². The van der Waals surface area contributed by atoms with E-state index in [9.17, 15) is 49.1 Å². The third-order valence-electron chi connectivity index (χ3n) is 7.49. The van der Waals surface area contributed by atoms with Gasteiger partial charge in [-0.3, -0.25) is 0 Å². The van der Waals surface area contributed by atoms with E-state index in [4.69, 9.17) is 5.73 Å². The van der Waals surface area contributed by atoms with Crippen LogP contribution in [-0.2, 0) is 30.4 Å². The molecule has 0 fully saturated rings. The van der Waals surface area contributed by atoms with Gasteiger partial charge in [0, 0.05) is 5.39 Å². The molecule has 56 heavy (non-hydrogen) atoms. The quantitative estimate of drug-likeness (QED) is 0.0614. The Bertz CT molecular complexity index is 2900. The molecule has 24 heteroatoms. The van der Waals surface area contributed by atoms with Crippen LogP contribution in [0.15, 0.2) is 142 Å². The Hall–Kier alpha value is -3.23. The van der Waals surface area contributed by atoms with Gasteiger partial charge in [-0.2, -0.15) is 15.3 Å². The van der Waals surface area contributed by atoms with Gasteiger partial charge in [0.15, 0.2) is 5.75 Å². The van der Waals surface area contributed by atoms with Crippen LogP contribution < -0.4 is 94.4 Å². The smallest absolute Gasteiger partial charge is 0.744 e. The van der Waals surface area contributed by atoms with Gasteiger partial charge in [-0.05, 0) is 77.5 Å². The van der Waals surface area contributed by atoms with Crippen LogP contribution in [0.2, 0.25) is 0 Å². The number of anilines is 1. The largest absolute Gasteiger partial charge is 1.00 e. The van der Waals surface area contributed by atoms with Crippen LogP contribution in [0.1, 0.15) is 0 Å². The minimum Gasteiger partial charge on any atom is -0.744 e. The van der Waals surface area contributed by atoms with Gasteiger partial charge in [-0.1, -0.05) is 30.3 Å². The number of hydrogen-bond donors (Lipinski definition) is 3. The average molecular weight is 844 g/mol. The van der Waals surface area contributed by atoms with Crippen molar-refractivity contribution in [3.63, 3.8) is 0 Å². The second kappa shape index (κ2) is 18.6. The van der Waals surface area contributed by atoms with E-state index in [1.807, 2.05) is 0 Å². The maximum Gasteiger partial charge on any atom is 1.00 e. The molecule has 0 atom stereocenters. The summed E-state index contributed by atoms with van der Waals surface area (Å²) in [4.78, 5) is -2.58. The van der Waals surface area contributed by atoms with Crippen molar-refractivity contribution in [2.75, 3.05) is 5.73 Å². The Morgan fingerprint density at radius 1 is 0.500 bits per heavy atom. The molecule has 0 bridgehead atoms. The maximum atomic E-state index is 12.3. The van der Waals surface area contributed by atoms with Crippen molar-refractivity contribution < 1.29 is 138 Å². The third kappa shape index (κ3) is 10.4. The molecule has 0 aliphatic carbocycles. The number of nitrogens with zero attached hydrogens (tertiary/aromatic N) is 6. The van der Waals surface area contributed by atoms with E-state index in [0.717, 1.165) is 12.1 Å². The van der Waals surface area contributed by atoms with Crippen molar-refractivity contribution in [3.05, 3.63) is 97.1 Å². The molecule has 0 saturated carbocycles. The fraction of sp³-hybridized carbons (Fsp3) is 0. The first-order valence-corrected chi connectivity index (χ1v) is 18.8. The number of nitrogen functional groups attached to an aromatic ring is 1. The Kier molecular flexibility index (Phi) is 15.6. The number of aromatic hydroxyl groups is 2. The molecule has 0 spiro atoms. The number of phenols is 2. The molecule has 0 amide bonds. The molecule has 0 unspecified atom stereocenters. The molecule has 6 rings (SSSR count). The normalized spacial score (nSPS) is 12.2. The summed E-state index contributed by atoms with van der Waals surface area (Å²) in [6, 6.07) is 20.9. The van der Waals surface area contributed by atoms with E-state index >= 15 is 0 Å². The van der Waals surface area contributed by atoms with Crippen LogP contribution in [-0.4, -0.2) is 49.1 Å². The Morgan fingerprint density at radius 3 is 1.50 bits per heavy atom. The van der Waals surface area contributed by atoms with E-state index in [1.54, 1.807) is 18.2 Å². The standard InChI is InChI=1S/C32H23N7O11S3.3Na/c33-28-27-18(16-26(53(48,49)50)31(32(27)41)39-34-19-4-2-1-3-5-19)15-25(52(45,46)47)30(28)38-36-21-9-7-20(8-10-21)35-37-29-23-12-11-22(51(42,43)44)14-17(23)6-13-24(29)40;;;/h1-16,40-41H,33H2,(H,42,43,44)(H,45,46,47)(H,48,49,50);;;/q;3*+1/p-3. The number of rotatable bonds is 9. The Balaban J connectivity index is 0.00000280. The van der Waals surface area contributed by atoms with Gasteiger partial charge >= 0.3 is 88.7 Å². The Labute approximate surface area is 384 Å². The molecular formula is C32H20N7Na3O11S3. The summed E-state index contributed by atoms with van der Waals surface area (Å²) in [5.41, 5.74) is 4.57. The predicted octanol–water partition coefficient (Wildman–Crippen LogP) is -2.04. The van der Waals surface area contributed by atoms with Gasteiger partial charge in [0.05, 0.1) is 42.8 Å². The summed E-state index contributed by atoms with van der Waals surface area (Å²) in [6.45, 7) is 0. The van der Waals surface area contributed by atoms with E-state index in [0.29, 0.717) is 22.9 Å². The topological polar surface area (TPSA) is 312 Å². The first-order valence-electron chi connectivity index (χ1n) is 14.6. The zero-order valence-corrected chi connectivity index (χ0v) is 37.7. The molecule has 0 aliphatic rings. The first-order chi connectivity index (χ1) is 24.9. The molecule has 18 nitrogen and oxygen atoms in total. The average Bonchev–Trinajstić information content (AvgIpc) is 3.09. The predicted molar refractivity (Wildman–Crippen MR) is 185 cm³/mol. The first kappa shape index (κ1) is 47.1. The molecule has 0 aliphatic heterocycles. The van der Waals surface area contributed by atoms with Crippen molar-refractivity contribution >= 4 is 91.7 Å². The van der Waals surface area contributed by atoms with Crippen LogP contribution in [0, 0.1) is 0 Å². The van der Waals surface area contributed by atoms with E-state index < -0.39 is 78.6 Å². The van der Waals surface area contributed by atoms with Crippen LogP contribution >= 0.6 is 0 Å². The molecule has 0 saturated heterocycles. The fourth-order valence-electron chi connectivity index (χ4n) is 5.04. The summed E-state index contributed by atoms with van der Waals surface area (Å²) >= 11 is 0. The monoisotopic (exact) mass is 843 g/mol. The molecule has 4 N–H and O–H groups in total. The molecule has 0 aromatic heterocycles. The summed E-state index contributed by atoms with van der Waals surface area (Å²) in [6.07, 6.45) is 0. The van der Waals surface area contributed by atoms with Crippen molar-refractivity contribution in [1.29, 1.82) is 0 Å². The molecule has 0 radical (unpaired) electrons. The van der Waals surface area contributed by atoms with Crippen molar-refractivity contribution in [2.24, 2.45) is 30.7 Å². The number of azo groups is 3. The second-order valence-electron chi connectivity index (χ2n) is 10.9. The minimum atomic E-state index is -5.37. The zero-order chi connectivity index (χ0) is 38.3. The van der Waals surface area contributed by atoms with Crippen LogP contribution in [0.25, 0.3) is 21.5 Å². The van der Waals surface area contributed by atoms with Crippen molar-refractivity contribution in [2.45, 2.75) is 14.7 Å².